The van der Waals surface area contributed by atoms with Gasteiger partial charge in [-0.3, -0.25) is 4.99 Å². The molecule has 1 aromatic carbocycles. The van der Waals surface area contributed by atoms with Crippen molar-refractivity contribution in [2.45, 2.75) is 27.2 Å². The van der Waals surface area contributed by atoms with Crippen LogP contribution in [0, 0.1) is 0 Å². The van der Waals surface area contributed by atoms with E-state index in [1.54, 1.807) is 13.2 Å². The van der Waals surface area contributed by atoms with Crippen LogP contribution in [0.5, 0.6) is 0 Å². The van der Waals surface area contributed by atoms with Gasteiger partial charge in [0.1, 0.15) is 5.76 Å². The summed E-state index contributed by atoms with van der Waals surface area (Å²) < 4.78 is 5.42. The Bertz CT molecular complexity index is 550. The summed E-state index contributed by atoms with van der Waals surface area (Å²) in [6, 6.07) is 8.22. The number of nitrogens with zero attached hydrogens (tertiary/aromatic N) is 1. The molecule has 0 aliphatic carbocycles. The van der Waals surface area contributed by atoms with Crippen molar-refractivity contribution >= 4 is 11.5 Å². The molecule has 0 radical (unpaired) electrons. The minimum atomic E-state index is 0.903. The molecule has 0 bridgehead atoms. The number of hydrogen-bond acceptors (Lipinski definition) is 2. The first-order valence-corrected chi connectivity index (χ1v) is 6.81. The lowest BCUT2D eigenvalue weighted by molar-refractivity contribution is 0.369. The van der Waals surface area contributed by atoms with Gasteiger partial charge < -0.3 is 4.74 Å². The Hall–Kier alpha value is -2.09. The maximum atomic E-state index is 5.42. The number of aliphatic imine (C=N–C) groups is 1. The zero-order valence-electron chi connectivity index (χ0n) is 12.8. The average molecular weight is 269 g/mol. The monoisotopic (exact) mass is 269 g/mol. The molecule has 0 aliphatic heterocycles. The molecule has 0 fully saturated rings. The predicted molar refractivity (Wildman–Crippen MR) is 87.9 cm³/mol. The van der Waals surface area contributed by atoms with E-state index in [0.29, 0.717) is 0 Å². The van der Waals surface area contributed by atoms with Crippen LogP contribution >= 0.6 is 0 Å². The Labute approximate surface area is 122 Å². The van der Waals surface area contributed by atoms with E-state index in [2.05, 4.69) is 36.7 Å². The molecule has 0 atom stereocenters. The van der Waals surface area contributed by atoms with Crippen molar-refractivity contribution in [2.24, 2.45) is 4.99 Å². The van der Waals surface area contributed by atoms with E-state index in [-0.39, 0.29) is 0 Å². The molecule has 0 unspecified atom stereocenters. The first-order valence-electron chi connectivity index (χ1n) is 6.81. The Morgan fingerprint density at radius 2 is 2.00 bits per heavy atom. The minimum absolute atomic E-state index is 0.903. The number of benzene rings is 1. The summed E-state index contributed by atoms with van der Waals surface area (Å²) in [7, 11) is 1.70. The van der Waals surface area contributed by atoms with Crippen LogP contribution < -0.4 is 0 Å². The summed E-state index contributed by atoms with van der Waals surface area (Å²) in [6.07, 6.45) is 6.64. The lowest BCUT2D eigenvalue weighted by Gasteiger charge is -2.08. The zero-order valence-corrected chi connectivity index (χ0v) is 12.8. The highest BCUT2D eigenvalue weighted by Gasteiger charge is 2.03. The number of hydrogen-bond donors (Lipinski definition) is 0. The zero-order chi connectivity index (χ0) is 15.0. The molecule has 0 aromatic heterocycles. The fraction of sp³-hybridized carbons (Fsp3) is 0.278. The van der Waals surface area contributed by atoms with Crippen molar-refractivity contribution < 1.29 is 4.74 Å². The van der Waals surface area contributed by atoms with Crippen molar-refractivity contribution in [3.63, 3.8) is 0 Å². The summed E-state index contributed by atoms with van der Waals surface area (Å²) in [5.74, 6) is 0.903. The van der Waals surface area contributed by atoms with Gasteiger partial charge in [-0.1, -0.05) is 37.8 Å². The van der Waals surface area contributed by atoms with Crippen molar-refractivity contribution in [3.05, 3.63) is 65.9 Å². The Morgan fingerprint density at radius 1 is 1.30 bits per heavy atom. The maximum Gasteiger partial charge on any atom is 0.122 e. The molecule has 1 rings (SSSR count). The van der Waals surface area contributed by atoms with Gasteiger partial charge in [-0.15, -0.1) is 0 Å². The van der Waals surface area contributed by atoms with E-state index in [4.69, 9.17) is 4.74 Å². The molecule has 2 heteroatoms. The molecule has 0 spiro atoms. The minimum Gasteiger partial charge on any atom is -0.496 e. The number of methoxy groups -OCH3 is 1. The molecule has 1 aromatic rings. The fourth-order valence-corrected chi connectivity index (χ4v) is 1.73. The molecular formula is C18H23NO. The molecule has 0 saturated carbocycles. The van der Waals surface area contributed by atoms with Gasteiger partial charge in [-0.05, 0) is 43.5 Å². The van der Waals surface area contributed by atoms with Crippen LogP contribution in [0.2, 0.25) is 0 Å². The predicted octanol–water partition coefficient (Wildman–Crippen LogP) is 4.98. The summed E-state index contributed by atoms with van der Waals surface area (Å²) in [5.41, 5.74) is 4.18. The lowest BCUT2D eigenvalue weighted by atomic mass is 10.1. The molecule has 0 aliphatic rings. The standard InChI is InChI=1S/C18H23NO/c1-6-9-18(20-5)17-11-8-10-16(12-17)15(4)19-13-14(3)7-2/h7-13H,2,6H2,1,3-5H3/b14-13-,18-9?,19-15?. The van der Waals surface area contributed by atoms with Crippen LogP contribution in [0.4, 0.5) is 0 Å². The number of rotatable bonds is 6. The first-order chi connectivity index (χ1) is 9.62. The van der Waals surface area contributed by atoms with Crippen LogP contribution in [0.15, 0.2) is 59.8 Å². The number of allylic oxidation sites excluding steroid dienone is 3. The third kappa shape index (κ3) is 4.54. The SMILES string of the molecule is C=C/C(C)=C\N=C(C)c1cccc(C(=CCC)OC)c1. The van der Waals surface area contributed by atoms with Gasteiger partial charge in [0.15, 0.2) is 0 Å². The molecular weight excluding hydrogens is 246 g/mol. The van der Waals surface area contributed by atoms with Gasteiger partial charge in [0, 0.05) is 17.5 Å². The van der Waals surface area contributed by atoms with Crippen LogP contribution in [0.3, 0.4) is 0 Å². The molecule has 0 saturated heterocycles. The third-order valence-corrected chi connectivity index (χ3v) is 2.96. The largest absolute Gasteiger partial charge is 0.496 e. The Kier molecular flexibility index (Phi) is 6.51. The van der Waals surface area contributed by atoms with Crippen molar-refractivity contribution in [1.29, 1.82) is 0 Å². The third-order valence-electron chi connectivity index (χ3n) is 2.96. The summed E-state index contributed by atoms with van der Waals surface area (Å²) in [4.78, 5) is 4.46. The second-order valence-corrected chi connectivity index (χ2v) is 4.55. The molecule has 0 amide bonds. The second-order valence-electron chi connectivity index (χ2n) is 4.55. The highest BCUT2D eigenvalue weighted by molar-refractivity contribution is 5.99. The topological polar surface area (TPSA) is 21.6 Å². The van der Waals surface area contributed by atoms with Crippen LogP contribution in [0.25, 0.3) is 5.76 Å². The van der Waals surface area contributed by atoms with E-state index >= 15 is 0 Å². The quantitative estimate of drug-likeness (QED) is 0.405. The van der Waals surface area contributed by atoms with E-state index < -0.39 is 0 Å². The maximum absolute atomic E-state index is 5.42. The molecule has 0 N–H and O–H groups in total. The van der Waals surface area contributed by atoms with Crippen molar-refractivity contribution in [3.8, 4) is 0 Å². The Balaban J connectivity index is 3.10. The van der Waals surface area contributed by atoms with Gasteiger partial charge in [0.25, 0.3) is 0 Å². The molecule has 2 nitrogen and oxygen atoms in total. The first kappa shape index (κ1) is 16.0. The van der Waals surface area contributed by atoms with E-state index in [1.807, 2.05) is 32.2 Å². The van der Waals surface area contributed by atoms with E-state index in [9.17, 15) is 0 Å². The summed E-state index contributed by atoms with van der Waals surface area (Å²) >= 11 is 0. The number of ether oxygens (including phenoxy) is 1. The van der Waals surface area contributed by atoms with Gasteiger partial charge in [-0.2, -0.15) is 0 Å². The van der Waals surface area contributed by atoms with Crippen LogP contribution in [-0.2, 0) is 4.74 Å². The normalized spacial score (nSPS) is 13.3. The van der Waals surface area contributed by atoms with Crippen molar-refractivity contribution in [2.75, 3.05) is 7.11 Å². The second kappa shape index (κ2) is 8.16. The van der Waals surface area contributed by atoms with Crippen LogP contribution in [-0.4, -0.2) is 12.8 Å². The van der Waals surface area contributed by atoms with E-state index in [0.717, 1.165) is 34.6 Å². The summed E-state index contributed by atoms with van der Waals surface area (Å²) in [5, 5.41) is 0. The smallest absolute Gasteiger partial charge is 0.122 e. The average Bonchev–Trinajstić information content (AvgIpc) is 2.49. The van der Waals surface area contributed by atoms with Crippen LogP contribution in [0.1, 0.15) is 38.3 Å². The fourth-order valence-electron chi connectivity index (χ4n) is 1.73. The van der Waals surface area contributed by atoms with Gasteiger partial charge >= 0.3 is 0 Å². The lowest BCUT2D eigenvalue weighted by Crippen LogP contribution is -1.96. The van der Waals surface area contributed by atoms with Gasteiger partial charge in [-0.25, -0.2) is 0 Å². The van der Waals surface area contributed by atoms with Gasteiger partial charge in [0.2, 0.25) is 0 Å². The van der Waals surface area contributed by atoms with Crippen molar-refractivity contribution in [1.82, 2.24) is 0 Å². The molecule has 106 valence electrons. The molecule has 20 heavy (non-hydrogen) atoms. The highest BCUT2D eigenvalue weighted by Crippen LogP contribution is 2.18. The van der Waals surface area contributed by atoms with E-state index in [1.165, 1.54) is 0 Å². The highest BCUT2D eigenvalue weighted by atomic mass is 16.5. The molecule has 0 heterocycles. The summed E-state index contributed by atoms with van der Waals surface area (Å²) in [6.45, 7) is 9.80. The Morgan fingerprint density at radius 3 is 2.60 bits per heavy atom. The van der Waals surface area contributed by atoms with Gasteiger partial charge in [0.05, 0.1) is 7.11 Å².